The molecule has 0 radical (unpaired) electrons. The van der Waals surface area contributed by atoms with Crippen LogP contribution in [-0.2, 0) is 7.05 Å². The summed E-state index contributed by atoms with van der Waals surface area (Å²) in [7, 11) is 1.70. The maximum absolute atomic E-state index is 13.2. The van der Waals surface area contributed by atoms with Crippen molar-refractivity contribution in [2.45, 2.75) is 0 Å². The predicted molar refractivity (Wildman–Crippen MR) is 91.5 cm³/mol. The SMILES string of the molecule is Cn1c(=O)n(-c2ccc(F)cc2)c2c3cc(Br)ccc3ncc21. The Kier molecular flexibility index (Phi) is 3.09. The van der Waals surface area contributed by atoms with E-state index in [4.69, 9.17) is 0 Å². The van der Waals surface area contributed by atoms with Gasteiger partial charge in [0.05, 0.1) is 28.4 Å². The normalized spacial score (nSPS) is 11.4. The largest absolute Gasteiger partial charge is 0.333 e. The molecule has 6 heteroatoms. The Hall–Kier alpha value is -2.47. The average molecular weight is 372 g/mol. The van der Waals surface area contributed by atoms with Crippen LogP contribution in [0.5, 0.6) is 0 Å². The zero-order valence-corrected chi connectivity index (χ0v) is 13.7. The first kappa shape index (κ1) is 14.1. The van der Waals surface area contributed by atoms with Gasteiger partial charge in [0, 0.05) is 16.9 Å². The van der Waals surface area contributed by atoms with Crippen molar-refractivity contribution in [3.63, 3.8) is 0 Å². The molecule has 0 spiro atoms. The van der Waals surface area contributed by atoms with Crippen molar-refractivity contribution in [1.29, 1.82) is 0 Å². The van der Waals surface area contributed by atoms with Crippen LogP contribution < -0.4 is 5.69 Å². The molecule has 0 fully saturated rings. The molecule has 4 rings (SSSR count). The molecule has 0 N–H and O–H groups in total. The monoisotopic (exact) mass is 371 g/mol. The fraction of sp³-hybridized carbons (Fsp3) is 0.0588. The summed E-state index contributed by atoms with van der Waals surface area (Å²) in [5.74, 6) is -0.337. The number of rotatable bonds is 1. The van der Waals surface area contributed by atoms with Crippen LogP contribution in [0.4, 0.5) is 4.39 Å². The van der Waals surface area contributed by atoms with Crippen LogP contribution in [0.1, 0.15) is 0 Å². The lowest BCUT2D eigenvalue weighted by Gasteiger charge is -2.06. The molecule has 0 saturated carbocycles. The first-order valence-electron chi connectivity index (χ1n) is 6.98. The highest BCUT2D eigenvalue weighted by atomic mass is 79.9. The lowest BCUT2D eigenvalue weighted by Crippen LogP contribution is -2.20. The number of aryl methyl sites for hydroxylation is 1. The second-order valence-corrected chi connectivity index (χ2v) is 6.22. The predicted octanol–water partition coefficient (Wildman–Crippen LogP) is 3.78. The van der Waals surface area contributed by atoms with Gasteiger partial charge in [0.1, 0.15) is 5.82 Å². The van der Waals surface area contributed by atoms with Crippen LogP contribution in [0.2, 0.25) is 0 Å². The Morgan fingerprint density at radius 3 is 2.61 bits per heavy atom. The second kappa shape index (κ2) is 5.03. The van der Waals surface area contributed by atoms with Gasteiger partial charge in [-0.25, -0.2) is 9.18 Å². The summed E-state index contributed by atoms with van der Waals surface area (Å²) >= 11 is 3.46. The molecule has 0 atom stereocenters. The number of nitrogens with zero attached hydrogens (tertiary/aromatic N) is 3. The van der Waals surface area contributed by atoms with Gasteiger partial charge in [0.15, 0.2) is 0 Å². The first-order valence-corrected chi connectivity index (χ1v) is 7.77. The summed E-state index contributed by atoms with van der Waals surface area (Å²) in [5, 5.41) is 0.860. The third-order valence-corrected chi connectivity index (χ3v) is 4.42. The number of pyridine rings is 1. The third kappa shape index (κ3) is 2.09. The van der Waals surface area contributed by atoms with Gasteiger partial charge in [0.2, 0.25) is 0 Å². The molecule has 0 aliphatic carbocycles. The Balaban J connectivity index is 2.22. The van der Waals surface area contributed by atoms with Crippen LogP contribution >= 0.6 is 15.9 Å². The van der Waals surface area contributed by atoms with Crippen LogP contribution in [0.3, 0.4) is 0 Å². The molecule has 0 saturated heterocycles. The van der Waals surface area contributed by atoms with Crippen molar-refractivity contribution in [1.82, 2.24) is 14.1 Å². The number of hydrogen-bond acceptors (Lipinski definition) is 2. The molecule has 23 heavy (non-hydrogen) atoms. The van der Waals surface area contributed by atoms with Crippen LogP contribution in [0, 0.1) is 5.82 Å². The lowest BCUT2D eigenvalue weighted by atomic mass is 10.2. The average Bonchev–Trinajstić information content (AvgIpc) is 2.80. The molecule has 4 aromatic rings. The van der Waals surface area contributed by atoms with Crippen molar-refractivity contribution in [3.8, 4) is 5.69 Å². The van der Waals surface area contributed by atoms with Crippen molar-refractivity contribution in [2.24, 2.45) is 7.05 Å². The molecule has 0 aliphatic rings. The van der Waals surface area contributed by atoms with E-state index in [0.29, 0.717) is 5.69 Å². The minimum atomic E-state index is -0.337. The van der Waals surface area contributed by atoms with Crippen molar-refractivity contribution < 1.29 is 4.39 Å². The minimum Gasteiger partial charge on any atom is -0.293 e. The Morgan fingerprint density at radius 1 is 1.13 bits per heavy atom. The van der Waals surface area contributed by atoms with Crippen molar-refractivity contribution >= 4 is 37.9 Å². The van der Waals surface area contributed by atoms with Gasteiger partial charge < -0.3 is 0 Å². The van der Waals surface area contributed by atoms with Gasteiger partial charge in [-0.1, -0.05) is 15.9 Å². The van der Waals surface area contributed by atoms with Crippen LogP contribution in [0.15, 0.2) is 57.9 Å². The fourth-order valence-electron chi connectivity index (χ4n) is 2.80. The topological polar surface area (TPSA) is 39.8 Å². The van der Waals surface area contributed by atoms with Crippen LogP contribution in [-0.4, -0.2) is 14.1 Å². The van der Waals surface area contributed by atoms with E-state index in [0.717, 1.165) is 26.4 Å². The highest BCUT2D eigenvalue weighted by molar-refractivity contribution is 9.10. The summed E-state index contributed by atoms with van der Waals surface area (Å²) in [6.07, 6.45) is 1.69. The van der Waals surface area contributed by atoms with Gasteiger partial charge in [-0.15, -0.1) is 0 Å². The maximum atomic E-state index is 13.2. The lowest BCUT2D eigenvalue weighted by molar-refractivity contribution is 0.627. The number of hydrogen-bond donors (Lipinski definition) is 0. The van der Waals surface area contributed by atoms with Crippen LogP contribution in [0.25, 0.3) is 27.6 Å². The highest BCUT2D eigenvalue weighted by Gasteiger charge is 2.16. The molecule has 0 unspecified atom stereocenters. The van der Waals surface area contributed by atoms with Crippen molar-refractivity contribution in [2.75, 3.05) is 0 Å². The van der Waals surface area contributed by atoms with E-state index in [1.54, 1.807) is 34.5 Å². The maximum Gasteiger partial charge on any atom is 0.333 e. The first-order chi connectivity index (χ1) is 11.1. The summed E-state index contributed by atoms with van der Waals surface area (Å²) in [5.41, 5.74) is 2.71. The number of fused-ring (bicyclic) bond motifs is 3. The van der Waals surface area contributed by atoms with E-state index >= 15 is 0 Å². The molecular formula is C17H11BrFN3O. The number of halogens is 2. The fourth-order valence-corrected chi connectivity index (χ4v) is 3.16. The zero-order valence-electron chi connectivity index (χ0n) is 12.1. The van der Waals surface area contributed by atoms with Crippen molar-refractivity contribution in [3.05, 3.63) is 69.4 Å². The molecule has 0 amide bonds. The Bertz CT molecular complexity index is 1110. The molecule has 2 aromatic carbocycles. The number of imidazole rings is 1. The van der Waals surface area contributed by atoms with Gasteiger partial charge in [-0.3, -0.25) is 14.1 Å². The summed E-state index contributed by atoms with van der Waals surface area (Å²) in [4.78, 5) is 17.1. The third-order valence-electron chi connectivity index (χ3n) is 3.93. The van der Waals surface area contributed by atoms with E-state index in [1.807, 2.05) is 18.2 Å². The molecular weight excluding hydrogens is 361 g/mol. The van der Waals surface area contributed by atoms with E-state index in [-0.39, 0.29) is 11.5 Å². The summed E-state index contributed by atoms with van der Waals surface area (Å²) < 4.78 is 17.3. The Labute approximate surface area is 138 Å². The molecule has 2 aromatic heterocycles. The smallest absolute Gasteiger partial charge is 0.293 e. The molecule has 0 bridgehead atoms. The van der Waals surface area contributed by atoms with E-state index in [2.05, 4.69) is 20.9 Å². The van der Waals surface area contributed by atoms with Gasteiger partial charge in [-0.05, 0) is 42.5 Å². The van der Waals surface area contributed by atoms with Gasteiger partial charge in [-0.2, -0.15) is 0 Å². The quantitative estimate of drug-likeness (QED) is 0.510. The summed E-state index contributed by atoms with van der Waals surface area (Å²) in [6.45, 7) is 0. The highest BCUT2D eigenvalue weighted by Crippen LogP contribution is 2.27. The molecule has 114 valence electrons. The molecule has 4 nitrogen and oxygen atoms in total. The van der Waals surface area contributed by atoms with Gasteiger partial charge >= 0.3 is 5.69 Å². The number of aromatic nitrogens is 3. The standard InChI is InChI=1S/C17H11BrFN3O/c1-21-15-9-20-14-7-2-10(18)8-13(14)16(15)22(17(21)23)12-5-3-11(19)4-6-12/h2-9H,1H3. The van der Waals surface area contributed by atoms with E-state index in [1.165, 1.54) is 12.1 Å². The van der Waals surface area contributed by atoms with Gasteiger partial charge in [0.25, 0.3) is 0 Å². The molecule has 0 aliphatic heterocycles. The minimum absolute atomic E-state index is 0.194. The summed E-state index contributed by atoms with van der Waals surface area (Å²) in [6, 6.07) is 11.6. The second-order valence-electron chi connectivity index (χ2n) is 5.31. The van der Waals surface area contributed by atoms with E-state index < -0.39 is 0 Å². The number of benzene rings is 2. The Morgan fingerprint density at radius 2 is 1.87 bits per heavy atom. The molecule has 2 heterocycles. The van der Waals surface area contributed by atoms with E-state index in [9.17, 15) is 9.18 Å². The zero-order chi connectivity index (χ0) is 16.1.